The molecule has 1 heterocycles. The number of hydrogen-bond acceptors (Lipinski definition) is 3. The average Bonchev–Trinajstić information content (AvgIpc) is 2.45. The van der Waals surface area contributed by atoms with Crippen molar-refractivity contribution in [1.82, 2.24) is 4.98 Å². The van der Waals surface area contributed by atoms with Crippen LogP contribution in [0.3, 0.4) is 0 Å². The molecule has 2 atom stereocenters. The molecule has 1 aromatic rings. The van der Waals surface area contributed by atoms with Gasteiger partial charge < -0.3 is 10.2 Å². The average molecular weight is 362 g/mol. The lowest BCUT2D eigenvalue weighted by Crippen LogP contribution is -2.42. The van der Waals surface area contributed by atoms with Gasteiger partial charge in [-0.3, -0.25) is 9.78 Å². The molecular formula is C15H11ClF3NO4. The first kappa shape index (κ1) is 18.0. The molecule has 128 valence electrons. The zero-order valence-corrected chi connectivity index (χ0v) is 12.9. The summed E-state index contributed by atoms with van der Waals surface area (Å²) in [5, 5.41) is 18.3. The SMILES string of the molecule is CC1(c2ncc(C(F)(F)F)cc2Cl)C(C(=O)O)=CC=CC1C(=O)O. The van der Waals surface area contributed by atoms with Gasteiger partial charge in [-0.25, -0.2) is 4.79 Å². The normalized spacial score (nSPS) is 23.7. The maximum absolute atomic E-state index is 12.7. The van der Waals surface area contributed by atoms with Crippen LogP contribution in [-0.2, 0) is 21.2 Å². The molecule has 0 amide bonds. The van der Waals surface area contributed by atoms with E-state index in [4.69, 9.17) is 11.6 Å². The third-order valence-electron chi connectivity index (χ3n) is 3.90. The summed E-state index contributed by atoms with van der Waals surface area (Å²) in [7, 11) is 0. The van der Waals surface area contributed by atoms with E-state index in [0.29, 0.717) is 12.3 Å². The Kier molecular flexibility index (Phi) is 4.45. The number of hydrogen-bond donors (Lipinski definition) is 2. The molecule has 5 nitrogen and oxygen atoms in total. The zero-order chi connectivity index (χ0) is 18.3. The quantitative estimate of drug-likeness (QED) is 0.862. The van der Waals surface area contributed by atoms with Gasteiger partial charge in [-0.2, -0.15) is 13.2 Å². The fourth-order valence-electron chi connectivity index (χ4n) is 2.67. The van der Waals surface area contributed by atoms with Crippen molar-refractivity contribution in [3.63, 3.8) is 0 Å². The van der Waals surface area contributed by atoms with Crippen LogP contribution in [0.15, 0.2) is 36.1 Å². The smallest absolute Gasteiger partial charge is 0.417 e. The second-order valence-electron chi connectivity index (χ2n) is 5.34. The second kappa shape index (κ2) is 5.94. The Morgan fingerprint density at radius 3 is 2.42 bits per heavy atom. The first-order valence-electron chi connectivity index (χ1n) is 6.58. The number of aromatic nitrogens is 1. The van der Waals surface area contributed by atoms with Gasteiger partial charge in [0, 0.05) is 6.20 Å². The zero-order valence-electron chi connectivity index (χ0n) is 12.1. The van der Waals surface area contributed by atoms with Crippen LogP contribution in [0, 0.1) is 5.92 Å². The number of carbonyl (C=O) groups is 2. The lowest BCUT2D eigenvalue weighted by molar-refractivity contribution is -0.142. The van der Waals surface area contributed by atoms with E-state index in [0.717, 1.165) is 0 Å². The topological polar surface area (TPSA) is 87.5 Å². The predicted molar refractivity (Wildman–Crippen MR) is 77.6 cm³/mol. The van der Waals surface area contributed by atoms with Gasteiger partial charge in [-0.05, 0) is 13.0 Å². The van der Waals surface area contributed by atoms with E-state index >= 15 is 0 Å². The highest BCUT2D eigenvalue weighted by Crippen LogP contribution is 2.45. The molecule has 0 saturated heterocycles. The van der Waals surface area contributed by atoms with Gasteiger partial charge in [0.2, 0.25) is 0 Å². The van der Waals surface area contributed by atoms with Crippen LogP contribution < -0.4 is 0 Å². The van der Waals surface area contributed by atoms with Crippen molar-refractivity contribution in [3.05, 3.63) is 52.3 Å². The first-order valence-corrected chi connectivity index (χ1v) is 6.95. The third-order valence-corrected chi connectivity index (χ3v) is 4.19. The Morgan fingerprint density at radius 2 is 1.96 bits per heavy atom. The molecule has 2 unspecified atom stereocenters. The van der Waals surface area contributed by atoms with Crippen molar-refractivity contribution in [2.75, 3.05) is 0 Å². The van der Waals surface area contributed by atoms with E-state index in [9.17, 15) is 33.0 Å². The van der Waals surface area contributed by atoms with E-state index in [1.54, 1.807) is 0 Å². The molecule has 24 heavy (non-hydrogen) atoms. The van der Waals surface area contributed by atoms with Crippen molar-refractivity contribution in [2.45, 2.75) is 18.5 Å². The summed E-state index contributed by atoms with van der Waals surface area (Å²) in [5.41, 5.74) is -3.42. The number of halogens is 4. The number of allylic oxidation sites excluding steroid dienone is 2. The fraction of sp³-hybridized carbons (Fsp3) is 0.267. The van der Waals surface area contributed by atoms with Crippen LogP contribution in [0.25, 0.3) is 0 Å². The molecule has 0 aromatic carbocycles. The summed E-state index contributed by atoms with van der Waals surface area (Å²) >= 11 is 5.90. The number of pyridine rings is 1. The highest BCUT2D eigenvalue weighted by Gasteiger charge is 2.48. The maximum atomic E-state index is 12.7. The summed E-state index contributed by atoms with van der Waals surface area (Å²) < 4.78 is 38.2. The first-order chi connectivity index (χ1) is 11.0. The van der Waals surface area contributed by atoms with Crippen molar-refractivity contribution in [3.8, 4) is 0 Å². The molecular weight excluding hydrogens is 351 g/mol. The summed E-state index contributed by atoms with van der Waals surface area (Å²) in [6.07, 6.45) is -0.493. The minimum absolute atomic E-state index is 0.248. The number of alkyl halides is 3. The molecule has 9 heteroatoms. The maximum Gasteiger partial charge on any atom is 0.417 e. The molecule has 1 aliphatic rings. The molecule has 0 saturated carbocycles. The Hall–Kier alpha value is -2.35. The van der Waals surface area contributed by atoms with Gasteiger partial charge >= 0.3 is 18.1 Å². The summed E-state index contributed by atoms with van der Waals surface area (Å²) in [5.74, 6) is -4.11. The molecule has 1 aromatic heterocycles. The summed E-state index contributed by atoms with van der Waals surface area (Å²) in [6, 6.07) is 0.603. The number of carboxylic acid groups (broad SMARTS) is 2. The standard InChI is InChI=1S/C15H11ClF3NO4/c1-14(8(12(21)22)3-2-4-9(14)13(23)24)11-10(16)5-7(6-20-11)15(17,18)19/h2-6,8H,1H3,(H,21,22)(H,23,24). The highest BCUT2D eigenvalue weighted by molar-refractivity contribution is 6.31. The Balaban J connectivity index is 2.69. The predicted octanol–water partition coefficient (Wildman–Crippen LogP) is 3.29. The minimum Gasteiger partial charge on any atom is -0.481 e. The van der Waals surface area contributed by atoms with E-state index in [-0.39, 0.29) is 11.3 Å². The van der Waals surface area contributed by atoms with Gasteiger partial charge in [0.1, 0.15) is 0 Å². The lowest BCUT2D eigenvalue weighted by Gasteiger charge is -2.36. The minimum atomic E-state index is -4.68. The Morgan fingerprint density at radius 1 is 1.33 bits per heavy atom. The molecule has 0 aliphatic heterocycles. The van der Waals surface area contributed by atoms with Crippen molar-refractivity contribution < 1.29 is 33.0 Å². The molecule has 2 rings (SSSR count). The van der Waals surface area contributed by atoms with Crippen LogP contribution >= 0.6 is 11.6 Å². The van der Waals surface area contributed by atoms with Gasteiger partial charge in [0.25, 0.3) is 0 Å². The Labute approximate surface area is 139 Å². The Bertz CT molecular complexity index is 772. The number of nitrogens with zero attached hydrogens (tertiary/aromatic N) is 1. The van der Waals surface area contributed by atoms with E-state index in [1.165, 1.54) is 25.2 Å². The number of rotatable bonds is 3. The van der Waals surface area contributed by atoms with Crippen LogP contribution in [-0.4, -0.2) is 27.1 Å². The summed E-state index contributed by atoms with van der Waals surface area (Å²) in [6.45, 7) is 1.27. The summed E-state index contributed by atoms with van der Waals surface area (Å²) in [4.78, 5) is 26.7. The molecule has 0 spiro atoms. The third kappa shape index (κ3) is 2.89. The van der Waals surface area contributed by atoms with Gasteiger partial charge in [0.05, 0.1) is 33.2 Å². The van der Waals surface area contributed by atoms with Crippen molar-refractivity contribution in [2.24, 2.45) is 5.92 Å². The van der Waals surface area contributed by atoms with Crippen LogP contribution in [0.2, 0.25) is 5.02 Å². The monoisotopic (exact) mass is 361 g/mol. The number of carboxylic acids is 2. The highest BCUT2D eigenvalue weighted by atomic mass is 35.5. The van der Waals surface area contributed by atoms with Crippen molar-refractivity contribution >= 4 is 23.5 Å². The van der Waals surface area contributed by atoms with Crippen molar-refractivity contribution in [1.29, 1.82) is 0 Å². The van der Waals surface area contributed by atoms with Crippen LogP contribution in [0.1, 0.15) is 18.2 Å². The van der Waals surface area contributed by atoms with Crippen LogP contribution in [0.4, 0.5) is 13.2 Å². The lowest BCUT2D eigenvalue weighted by atomic mass is 9.66. The molecule has 2 N–H and O–H groups in total. The van der Waals surface area contributed by atoms with E-state index in [2.05, 4.69) is 4.98 Å². The van der Waals surface area contributed by atoms with E-state index < -0.39 is 40.0 Å². The number of aliphatic carboxylic acids is 2. The largest absolute Gasteiger partial charge is 0.481 e. The van der Waals surface area contributed by atoms with E-state index in [1.807, 2.05) is 0 Å². The molecule has 0 radical (unpaired) electrons. The fourth-order valence-corrected chi connectivity index (χ4v) is 3.03. The molecule has 1 aliphatic carbocycles. The second-order valence-corrected chi connectivity index (χ2v) is 5.75. The molecule has 0 fully saturated rings. The van der Waals surface area contributed by atoms with Crippen LogP contribution in [0.5, 0.6) is 0 Å². The van der Waals surface area contributed by atoms with Gasteiger partial charge in [-0.15, -0.1) is 0 Å². The van der Waals surface area contributed by atoms with Gasteiger partial charge in [-0.1, -0.05) is 29.8 Å². The molecule has 0 bridgehead atoms. The van der Waals surface area contributed by atoms with Gasteiger partial charge in [0.15, 0.2) is 0 Å².